The number of fused-ring (bicyclic) bond motifs is 1. The Hall–Kier alpha value is -2.01. The normalized spacial score (nSPS) is 11.3. The van der Waals surface area contributed by atoms with Gasteiger partial charge in [-0.1, -0.05) is 23.7 Å². The van der Waals surface area contributed by atoms with Crippen molar-refractivity contribution in [2.24, 2.45) is 7.05 Å². The maximum absolute atomic E-state index is 6.01. The summed E-state index contributed by atoms with van der Waals surface area (Å²) in [5.41, 5.74) is 9.98. The van der Waals surface area contributed by atoms with E-state index in [0.717, 1.165) is 34.8 Å². The minimum Gasteiger partial charge on any atom is -0.369 e. The van der Waals surface area contributed by atoms with E-state index in [4.69, 9.17) is 17.3 Å². The van der Waals surface area contributed by atoms with Gasteiger partial charge in [0.15, 0.2) is 5.65 Å². The number of hydrogen-bond acceptors (Lipinski definition) is 3. The van der Waals surface area contributed by atoms with Gasteiger partial charge in [0.1, 0.15) is 5.52 Å². The predicted octanol–water partition coefficient (Wildman–Crippen LogP) is 2.56. The summed E-state index contributed by atoms with van der Waals surface area (Å²) < 4.78 is 3.83. The summed E-state index contributed by atoms with van der Waals surface area (Å²) in [5.74, 6) is 0.532. The maximum Gasteiger partial charge on any atom is 0.202 e. The monoisotopic (exact) mass is 289 g/mol. The highest BCUT2D eigenvalue weighted by atomic mass is 35.5. The van der Waals surface area contributed by atoms with Crippen LogP contribution in [-0.2, 0) is 20.0 Å². The van der Waals surface area contributed by atoms with Gasteiger partial charge in [-0.25, -0.2) is 4.98 Å². The van der Waals surface area contributed by atoms with Crippen LogP contribution in [0.1, 0.15) is 11.3 Å². The molecule has 0 radical (unpaired) electrons. The van der Waals surface area contributed by atoms with Crippen LogP contribution in [-0.4, -0.2) is 19.3 Å². The molecule has 104 valence electrons. The number of rotatable bonds is 3. The van der Waals surface area contributed by atoms with Gasteiger partial charge in [0.25, 0.3) is 0 Å². The van der Waals surface area contributed by atoms with E-state index in [1.165, 1.54) is 5.56 Å². The molecule has 2 N–H and O–H groups in total. The Bertz CT molecular complexity index is 754. The van der Waals surface area contributed by atoms with Gasteiger partial charge >= 0.3 is 0 Å². The van der Waals surface area contributed by atoms with Gasteiger partial charge in [-0.05, 0) is 31.0 Å². The summed E-state index contributed by atoms with van der Waals surface area (Å²) in [7, 11) is 1.91. The summed E-state index contributed by atoms with van der Waals surface area (Å²) in [4.78, 5) is 4.40. The summed E-state index contributed by atoms with van der Waals surface area (Å²) in [6, 6.07) is 7.86. The lowest BCUT2D eigenvalue weighted by molar-refractivity contribution is 0.679. The molecule has 0 aliphatic heterocycles. The molecule has 2 aromatic heterocycles. The van der Waals surface area contributed by atoms with Crippen LogP contribution in [0.4, 0.5) is 5.95 Å². The van der Waals surface area contributed by atoms with Crippen LogP contribution in [0, 0.1) is 6.92 Å². The third-order valence-electron chi connectivity index (χ3n) is 3.46. The molecule has 2 heterocycles. The number of imidazole rings is 1. The molecule has 0 aliphatic rings. The first kappa shape index (κ1) is 13.0. The number of nitrogens with two attached hydrogens (primary N) is 1. The summed E-state index contributed by atoms with van der Waals surface area (Å²) in [6.45, 7) is 2.71. The quantitative estimate of drug-likeness (QED) is 0.806. The van der Waals surface area contributed by atoms with E-state index in [1.807, 2.05) is 47.5 Å². The number of aryl methyl sites for hydroxylation is 4. The van der Waals surface area contributed by atoms with Crippen molar-refractivity contribution in [1.29, 1.82) is 0 Å². The van der Waals surface area contributed by atoms with Crippen LogP contribution >= 0.6 is 11.6 Å². The number of nitrogen functional groups attached to an aromatic ring is 1. The second-order valence-corrected chi connectivity index (χ2v) is 5.32. The smallest absolute Gasteiger partial charge is 0.202 e. The Morgan fingerprint density at radius 1 is 1.25 bits per heavy atom. The fourth-order valence-electron chi connectivity index (χ4n) is 2.46. The molecule has 0 amide bonds. The first-order chi connectivity index (χ1) is 9.56. The molecule has 0 bridgehead atoms. The number of halogens is 1. The van der Waals surface area contributed by atoms with E-state index in [9.17, 15) is 0 Å². The Balaban J connectivity index is 1.90. The van der Waals surface area contributed by atoms with Crippen LogP contribution in [0.5, 0.6) is 0 Å². The Kier molecular flexibility index (Phi) is 3.14. The van der Waals surface area contributed by atoms with Crippen LogP contribution in [0.2, 0.25) is 5.02 Å². The van der Waals surface area contributed by atoms with Gasteiger partial charge < -0.3 is 5.73 Å². The topological polar surface area (TPSA) is 61.7 Å². The lowest BCUT2D eigenvalue weighted by Gasteiger charge is -2.07. The van der Waals surface area contributed by atoms with E-state index in [1.54, 1.807) is 0 Å². The van der Waals surface area contributed by atoms with Crippen molar-refractivity contribution < 1.29 is 0 Å². The minimum absolute atomic E-state index is 0.532. The Morgan fingerprint density at radius 2 is 1.95 bits per heavy atom. The summed E-state index contributed by atoms with van der Waals surface area (Å²) >= 11 is 5.89. The molecule has 3 rings (SSSR count). The van der Waals surface area contributed by atoms with E-state index in [0.29, 0.717) is 5.95 Å². The zero-order valence-corrected chi connectivity index (χ0v) is 12.2. The molecule has 0 saturated carbocycles. The fraction of sp³-hybridized carbons (Fsp3) is 0.286. The fourth-order valence-corrected chi connectivity index (χ4v) is 2.59. The largest absolute Gasteiger partial charge is 0.369 e. The highest BCUT2D eigenvalue weighted by Crippen LogP contribution is 2.21. The number of aromatic nitrogens is 4. The Morgan fingerprint density at radius 3 is 2.65 bits per heavy atom. The van der Waals surface area contributed by atoms with Gasteiger partial charge in [-0.15, -0.1) is 0 Å². The molecule has 0 unspecified atom stereocenters. The van der Waals surface area contributed by atoms with Crippen LogP contribution in [0.15, 0.2) is 24.3 Å². The lowest BCUT2D eigenvalue weighted by atomic mass is 10.1. The zero-order chi connectivity index (χ0) is 14.3. The van der Waals surface area contributed by atoms with Crippen molar-refractivity contribution >= 4 is 28.7 Å². The number of nitrogens with zero attached hydrogens (tertiary/aromatic N) is 4. The molecular weight excluding hydrogens is 274 g/mol. The molecule has 0 atom stereocenters. The van der Waals surface area contributed by atoms with Crippen molar-refractivity contribution in [3.8, 4) is 0 Å². The van der Waals surface area contributed by atoms with Crippen molar-refractivity contribution in [3.05, 3.63) is 40.5 Å². The maximum atomic E-state index is 6.01. The standard InChI is InChI=1S/C14H16ClN5/c1-9-12-13(19(2)18-9)20(14(16)17-12)8-7-10-3-5-11(15)6-4-10/h3-6H,7-8H2,1-2H3,(H2,16,17). The second kappa shape index (κ2) is 4.83. The minimum atomic E-state index is 0.532. The molecule has 3 aromatic rings. The van der Waals surface area contributed by atoms with E-state index >= 15 is 0 Å². The first-order valence-corrected chi connectivity index (χ1v) is 6.84. The zero-order valence-electron chi connectivity index (χ0n) is 11.5. The highest BCUT2D eigenvalue weighted by molar-refractivity contribution is 6.30. The summed E-state index contributed by atoms with van der Waals surface area (Å²) in [6.07, 6.45) is 0.872. The highest BCUT2D eigenvalue weighted by Gasteiger charge is 2.15. The molecule has 20 heavy (non-hydrogen) atoms. The SMILES string of the molecule is Cc1nn(C)c2c1nc(N)n2CCc1ccc(Cl)cc1. The molecular formula is C14H16ClN5. The first-order valence-electron chi connectivity index (χ1n) is 6.46. The number of benzene rings is 1. The van der Waals surface area contributed by atoms with E-state index in [-0.39, 0.29) is 0 Å². The van der Waals surface area contributed by atoms with E-state index in [2.05, 4.69) is 10.1 Å². The third-order valence-corrected chi connectivity index (χ3v) is 3.71. The summed E-state index contributed by atoms with van der Waals surface area (Å²) in [5, 5.41) is 5.13. The van der Waals surface area contributed by atoms with Gasteiger partial charge in [-0.3, -0.25) is 9.25 Å². The molecule has 0 saturated heterocycles. The van der Waals surface area contributed by atoms with Crippen molar-refractivity contribution in [2.45, 2.75) is 19.9 Å². The number of anilines is 1. The molecule has 5 nitrogen and oxygen atoms in total. The molecule has 0 spiro atoms. The third kappa shape index (κ3) is 2.14. The van der Waals surface area contributed by atoms with Crippen LogP contribution in [0.3, 0.4) is 0 Å². The predicted molar refractivity (Wildman–Crippen MR) is 80.8 cm³/mol. The van der Waals surface area contributed by atoms with Gasteiger partial charge in [-0.2, -0.15) is 5.10 Å². The van der Waals surface area contributed by atoms with Gasteiger partial charge in [0.05, 0.1) is 5.69 Å². The lowest BCUT2D eigenvalue weighted by Crippen LogP contribution is -2.08. The Labute approximate surface area is 122 Å². The van der Waals surface area contributed by atoms with Crippen molar-refractivity contribution in [2.75, 3.05) is 5.73 Å². The van der Waals surface area contributed by atoms with E-state index < -0.39 is 0 Å². The van der Waals surface area contributed by atoms with Crippen molar-refractivity contribution in [3.63, 3.8) is 0 Å². The average molecular weight is 290 g/mol. The van der Waals surface area contributed by atoms with Gasteiger partial charge in [0.2, 0.25) is 5.95 Å². The van der Waals surface area contributed by atoms with Crippen molar-refractivity contribution in [1.82, 2.24) is 19.3 Å². The molecule has 1 aromatic carbocycles. The molecule has 6 heteroatoms. The second-order valence-electron chi connectivity index (χ2n) is 4.88. The number of hydrogen-bond donors (Lipinski definition) is 1. The van der Waals surface area contributed by atoms with Crippen LogP contribution in [0.25, 0.3) is 11.2 Å². The molecule has 0 fully saturated rings. The van der Waals surface area contributed by atoms with Gasteiger partial charge in [0, 0.05) is 18.6 Å². The van der Waals surface area contributed by atoms with Crippen LogP contribution < -0.4 is 5.73 Å². The average Bonchev–Trinajstić information content (AvgIpc) is 2.88. The molecule has 0 aliphatic carbocycles.